The van der Waals surface area contributed by atoms with Crippen molar-refractivity contribution in [3.05, 3.63) is 0 Å². The van der Waals surface area contributed by atoms with Crippen molar-refractivity contribution in [2.24, 2.45) is 5.41 Å². The summed E-state index contributed by atoms with van der Waals surface area (Å²) < 4.78 is 0. The molecule has 0 aliphatic carbocycles. The van der Waals surface area contributed by atoms with Gasteiger partial charge in [-0.15, -0.1) is 0 Å². The lowest BCUT2D eigenvalue weighted by molar-refractivity contribution is 0.00229. The van der Waals surface area contributed by atoms with Gasteiger partial charge in [0.15, 0.2) is 0 Å². The van der Waals surface area contributed by atoms with Crippen LogP contribution in [0.5, 0.6) is 0 Å². The summed E-state index contributed by atoms with van der Waals surface area (Å²) in [6.45, 7) is 11.7. The van der Waals surface area contributed by atoms with Gasteiger partial charge in [0.2, 0.25) is 0 Å². The first-order chi connectivity index (χ1) is 6.04. The molecule has 84 valence electrons. The van der Waals surface area contributed by atoms with Crippen LogP contribution in [0.15, 0.2) is 0 Å². The largest absolute Gasteiger partial charge is 0.389 e. The molecule has 1 saturated heterocycles. The Balaban J connectivity index is 2.95. The lowest BCUT2D eigenvalue weighted by Crippen LogP contribution is -2.46. The van der Waals surface area contributed by atoms with Crippen LogP contribution < -0.4 is 0 Å². The van der Waals surface area contributed by atoms with E-state index >= 15 is 0 Å². The maximum absolute atomic E-state index is 10.3. The summed E-state index contributed by atoms with van der Waals surface area (Å²) in [5, 5.41) is 10.3. The molecule has 0 amide bonds. The lowest BCUT2D eigenvalue weighted by atomic mass is 9.75. The highest BCUT2D eigenvalue weighted by atomic mass is 16.3. The molecule has 1 fully saturated rings. The van der Waals surface area contributed by atoms with Crippen molar-refractivity contribution in [1.29, 1.82) is 0 Å². The van der Waals surface area contributed by atoms with Gasteiger partial charge in [0.05, 0.1) is 5.60 Å². The van der Waals surface area contributed by atoms with Crippen LogP contribution in [0.25, 0.3) is 0 Å². The first-order valence-corrected chi connectivity index (χ1v) is 5.48. The Kier molecular flexibility index (Phi) is 2.75. The van der Waals surface area contributed by atoms with Gasteiger partial charge in [-0.3, -0.25) is 4.90 Å². The van der Waals surface area contributed by atoms with Crippen LogP contribution in [0.1, 0.15) is 47.5 Å². The van der Waals surface area contributed by atoms with Crippen LogP contribution >= 0.6 is 0 Å². The highest BCUT2D eigenvalue weighted by molar-refractivity contribution is 4.96. The van der Waals surface area contributed by atoms with Gasteiger partial charge in [-0.05, 0) is 46.1 Å². The molecule has 14 heavy (non-hydrogen) atoms. The fourth-order valence-corrected chi connectivity index (χ4v) is 3.18. The maximum Gasteiger partial charge on any atom is 0.0751 e. The number of hydrogen-bond acceptors (Lipinski definition) is 2. The molecule has 0 aromatic rings. The van der Waals surface area contributed by atoms with Crippen molar-refractivity contribution < 1.29 is 5.11 Å². The van der Waals surface area contributed by atoms with E-state index in [9.17, 15) is 5.11 Å². The maximum atomic E-state index is 10.3. The van der Waals surface area contributed by atoms with E-state index in [4.69, 9.17) is 0 Å². The van der Waals surface area contributed by atoms with Gasteiger partial charge < -0.3 is 5.11 Å². The molecule has 1 unspecified atom stereocenters. The molecular weight excluding hydrogens is 174 g/mol. The molecule has 1 rings (SSSR count). The summed E-state index contributed by atoms with van der Waals surface area (Å²) in [6.07, 6.45) is 2.01. The first-order valence-electron chi connectivity index (χ1n) is 5.48. The molecule has 0 radical (unpaired) electrons. The Labute approximate surface area is 88.3 Å². The predicted molar refractivity (Wildman–Crippen MR) is 60.3 cm³/mol. The van der Waals surface area contributed by atoms with Gasteiger partial charge >= 0.3 is 0 Å². The Morgan fingerprint density at radius 2 is 1.50 bits per heavy atom. The second-order valence-corrected chi connectivity index (χ2v) is 6.68. The number of likely N-dealkylation sites (N-methyl/N-ethyl adjacent to an activating group) is 1. The van der Waals surface area contributed by atoms with E-state index in [1.54, 1.807) is 0 Å². The minimum atomic E-state index is -0.550. The van der Waals surface area contributed by atoms with E-state index < -0.39 is 5.60 Å². The third-order valence-corrected chi connectivity index (χ3v) is 3.38. The molecule has 1 N–H and O–H groups in total. The third kappa shape index (κ3) is 2.71. The van der Waals surface area contributed by atoms with Gasteiger partial charge in [-0.1, -0.05) is 13.8 Å². The molecule has 1 aliphatic heterocycles. The normalized spacial score (nSPS) is 37.9. The summed E-state index contributed by atoms with van der Waals surface area (Å²) in [5.74, 6) is 0. The van der Waals surface area contributed by atoms with Gasteiger partial charge in [-0.2, -0.15) is 0 Å². The van der Waals surface area contributed by atoms with Gasteiger partial charge in [0.1, 0.15) is 0 Å². The van der Waals surface area contributed by atoms with Crippen LogP contribution in [0.4, 0.5) is 0 Å². The second kappa shape index (κ2) is 3.21. The molecule has 0 aromatic carbocycles. The monoisotopic (exact) mass is 199 g/mol. The Morgan fingerprint density at radius 3 is 2.00 bits per heavy atom. The van der Waals surface area contributed by atoms with Crippen molar-refractivity contribution in [2.45, 2.75) is 58.6 Å². The molecule has 1 aliphatic rings. The molecule has 0 bridgehead atoms. The smallest absolute Gasteiger partial charge is 0.0751 e. The summed E-state index contributed by atoms with van der Waals surface area (Å²) in [7, 11) is 2.11. The number of nitrogens with zero attached hydrogens (tertiary/aromatic N) is 1. The Hall–Kier alpha value is -0.0800. The number of β-amino-alcohol motifs (C(OH)–C–C–N with tert-alkyl or cyclic N) is 1. The molecule has 2 nitrogen and oxygen atoms in total. The van der Waals surface area contributed by atoms with Crippen LogP contribution in [-0.4, -0.2) is 34.7 Å². The minimum Gasteiger partial charge on any atom is -0.389 e. The van der Waals surface area contributed by atoms with Gasteiger partial charge in [0, 0.05) is 12.1 Å². The average molecular weight is 199 g/mol. The van der Waals surface area contributed by atoms with Gasteiger partial charge in [-0.25, -0.2) is 0 Å². The van der Waals surface area contributed by atoms with E-state index in [1.807, 2.05) is 6.92 Å². The van der Waals surface area contributed by atoms with Crippen molar-refractivity contribution in [3.63, 3.8) is 0 Å². The average Bonchev–Trinajstić information content (AvgIpc) is 1.81. The number of likely N-dealkylation sites (tertiary alicyclic amines) is 1. The molecule has 1 atom stereocenters. The quantitative estimate of drug-likeness (QED) is 0.647. The SMILES string of the molecule is CN1CC(C)(O)CC(C)(C)CC1(C)C. The van der Waals surface area contributed by atoms with Crippen molar-refractivity contribution in [1.82, 2.24) is 4.90 Å². The second-order valence-electron chi connectivity index (χ2n) is 6.68. The number of aliphatic hydroxyl groups is 1. The zero-order valence-electron chi connectivity index (χ0n) is 10.5. The molecule has 0 aromatic heterocycles. The predicted octanol–water partition coefficient (Wildman–Crippen LogP) is 2.27. The van der Waals surface area contributed by atoms with Crippen LogP contribution in [0.3, 0.4) is 0 Å². The highest BCUT2D eigenvalue weighted by Crippen LogP contribution is 2.41. The van der Waals surface area contributed by atoms with E-state index in [1.165, 1.54) is 0 Å². The summed E-state index contributed by atoms with van der Waals surface area (Å²) in [5.41, 5.74) is -0.145. The fraction of sp³-hybridized carbons (Fsp3) is 1.00. The zero-order valence-corrected chi connectivity index (χ0v) is 10.5. The topological polar surface area (TPSA) is 23.5 Å². The molecule has 0 saturated carbocycles. The fourth-order valence-electron chi connectivity index (χ4n) is 3.18. The number of hydrogen-bond donors (Lipinski definition) is 1. The third-order valence-electron chi connectivity index (χ3n) is 3.38. The standard InChI is InChI=1S/C12H25NO/c1-10(2)7-11(3,4)13(6)9-12(5,14)8-10/h14H,7-9H2,1-6H3. The van der Waals surface area contributed by atoms with E-state index in [-0.39, 0.29) is 11.0 Å². The number of rotatable bonds is 0. The van der Waals surface area contributed by atoms with Crippen molar-refractivity contribution in [3.8, 4) is 0 Å². The zero-order chi connectivity index (χ0) is 11.2. The molecular formula is C12H25NO. The molecule has 2 heteroatoms. The van der Waals surface area contributed by atoms with Crippen LogP contribution in [0.2, 0.25) is 0 Å². The van der Waals surface area contributed by atoms with Crippen LogP contribution in [0, 0.1) is 5.41 Å². The van der Waals surface area contributed by atoms with E-state index in [2.05, 4.69) is 39.6 Å². The summed E-state index contributed by atoms with van der Waals surface area (Å²) >= 11 is 0. The van der Waals surface area contributed by atoms with E-state index in [0.29, 0.717) is 0 Å². The Morgan fingerprint density at radius 1 is 1.00 bits per heavy atom. The summed E-state index contributed by atoms with van der Waals surface area (Å²) in [6, 6.07) is 0. The van der Waals surface area contributed by atoms with Crippen LogP contribution in [-0.2, 0) is 0 Å². The first kappa shape index (κ1) is 12.0. The summed E-state index contributed by atoms with van der Waals surface area (Å²) in [4.78, 5) is 2.28. The van der Waals surface area contributed by atoms with Gasteiger partial charge in [0.25, 0.3) is 0 Å². The van der Waals surface area contributed by atoms with Crippen molar-refractivity contribution in [2.75, 3.05) is 13.6 Å². The minimum absolute atomic E-state index is 0.185. The molecule has 1 heterocycles. The lowest BCUT2D eigenvalue weighted by Gasteiger charge is -2.37. The Bertz CT molecular complexity index is 218. The van der Waals surface area contributed by atoms with E-state index in [0.717, 1.165) is 19.4 Å². The molecule has 0 spiro atoms. The highest BCUT2D eigenvalue weighted by Gasteiger charge is 2.42. The van der Waals surface area contributed by atoms with Crippen molar-refractivity contribution >= 4 is 0 Å².